The Bertz CT molecular complexity index is 884. The van der Waals surface area contributed by atoms with Crippen LogP contribution in [-0.4, -0.2) is 19.5 Å². The molecule has 5 nitrogen and oxygen atoms in total. The highest BCUT2D eigenvalue weighted by atomic mass is 32.1. The maximum absolute atomic E-state index is 9.13. The third-order valence-corrected chi connectivity index (χ3v) is 3.41. The number of rotatable bonds is 2. The van der Waals surface area contributed by atoms with Crippen LogP contribution in [0, 0.1) is 23.0 Å². The van der Waals surface area contributed by atoms with Crippen LogP contribution in [0.1, 0.15) is 17.1 Å². The van der Waals surface area contributed by atoms with E-state index in [0.29, 0.717) is 16.9 Å². The summed E-state index contributed by atoms with van der Waals surface area (Å²) in [5, 5.41) is 9.13. The summed E-state index contributed by atoms with van der Waals surface area (Å²) in [4.78, 5) is 11.6. The Morgan fingerprint density at radius 3 is 3.00 bits per heavy atom. The molecule has 0 unspecified atom stereocenters. The molecule has 0 radical (unpaired) electrons. The number of hydrogen-bond donors (Lipinski definition) is 1. The number of imidazole rings is 1. The van der Waals surface area contributed by atoms with E-state index in [2.05, 4.69) is 21.0 Å². The zero-order chi connectivity index (χ0) is 14.1. The van der Waals surface area contributed by atoms with Crippen molar-refractivity contribution in [3.05, 3.63) is 52.3 Å². The third-order valence-electron chi connectivity index (χ3n) is 3.08. The molecule has 0 saturated carbocycles. The van der Waals surface area contributed by atoms with Gasteiger partial charge in [-0.2, -0.15) is 5.26 Å². The van der Waals surface area contributed by atoms with E-state index in [1.165, 1.54) is 0 Å². The lowest BCUT2D eigenvalue weighted by molar-refractivity contribution is 0.773. The van der Waals surface area contributed by atoms with Crippen molar-refractivity contribution in [2.45, 2.75) is 13.5 Å². The van der Waals surface area contributed by atoms with Crippen LogP contribution < -0.4 is 0 Å². The van der Waals surface area contributed by atoms with Gasteiger partial charge in [-0.3, -0.25) is 0 Å². The normalized spacial score (nSPS) is 10.6. The molecule has 1 aromatic carbocycles. The molecule has 0 aliphatic rings. The molecule has 0 aliphatic heterocycles. The summed E-state index contributed by atoms with van der Waals surface area (Å²) in [7, 11) is 0. The van der Waals surface area contributed by atoms with Crippen molar-refractivity contribution in [3.8, 4) is 6.07 Å². The number of nitrogens with one attached hydrogen (secondary N) is 1. The molecule has 0 atom stereocenters. The number of aryl methyl sites for hydroxylation is 1. The molecule has 1 N–H and O–H groups in total. The molecule has 0 fully saturated rings. The van der Waals surface area contributed by atoms with Crippen molar-refractivity contribution in [3.63, 3.8) is 0 Å². The zero-order valence-electron chi connectivity index (χ0n) is 10.8. The summed E-state index contributed by atoms with van der Waals surface area (Å²) >= 11 is 5.35. The smallest absolute Gasteiger partial charge is 0.178 e. The first-order chi connectivity index (χ1) is 9.69. The van der Waals surface area contributed by atoms with Gasteiger partial charge in [-0.25, -0.2) is 9.97 Å². The number of fused-ring (bicyclic) bond motifs is 1. The molecule has 0 amide bonds. The maximum atomic E-state index is 9.13. The molecule has 3 rings (SSSR count). The largest absolute Gasteiger partial charge is 0.329 e. The van der Waals surface area contributed by atoms with E-state index in [9.17, 15) is 0 Å². The van der Waals surface area contributed by atoms with Gasteiger partial charge < -0.3 is 9.55 Å². The number of H-pyrrole nitrogens is 1. The van der Waals surface area contributed by atoms with Crippen molar-refractivity contribution in [2.75, 3.05) is 0 Å². The maximum Gasteiger partial charge on any atom is 0.178 e. The Morgan fingerprint density at radius 2 is 2.25 bits per heavy atom. The number of nitrogens with zero attached hydrogens (tertiary/aromatic N) is 4. The Hall–Kier alpha value is -2.52. The quantitative estimate of drug-likeness (QED) is 0.733. The molecular weight excluding hydrogens is 270 g/mol. The van der Waals surface area contributed by atoms with E-state index in [1.807, 2.05) is 29.7 Å². The van der Waals surface area contributed by atoms with Gasteiger partial charge in [0.05, 0.1) is 28.8 Å². The van der Waals surface area contributed by atoms with Gasteiger partial charge in [0, 0.05) is 6.20 Å². The monoisotopic (exact) mass is 281 g/mol. The summed E-state index contributed by atoms with van der Waals surface area (Å²) in [6, 6.07) is 9.59. The van der Waals surface area contributed by atoms with E-state index in [1.54, 1.807) is 12.3 Å². The van der Waals surface area contributed by atoms with Crippen LogP contribution >= 0.6 is 12.2 Å². The number of aromatic nitrogens is 4. The third kappa shape index (κ3) is 2.08. The molecule has 0 bridgehead atoms. The van der Waals surface area contributed by atoms with Gasteiger partial charge in [0.15, 0.2) is 4.77 Å². The van der Waals surface area contributed by atoms with Crippen LogP contribution in [0.5, 0.6) is 0 Å². The van der Waals surface area contributed by atoms with Crippen LogP contribution in [0.2, 0.25) is 0 Å². The first-order valence-electron chi connectivity index (χ1n) is 6.09. The molecule has 0 aliphatic carbocycles. The van der Waals surface area contributed by atoms with Gasteiger partial charge in [0.2, 0.25) is 0 Å². The van der Waals surface area contributed by atoms with Gasteiger partial charge in [0.25, 0.3) is 0 Å². The first-order valence-corrected chi connectivity index (χ1v) is 6.50. The molecule has 0 saturated heterocycles. The standard InChI is InChI=1S/C14H11N5S/c1-9-16-6-5-11(17-9)8-19-12-4-2-3-10(7-15)13(12)18-14(19)20/h2-6H,8H2,1H3,(H,18,20). The van der Waals surface area contributed by atoms with E-state index < -0.39 is 0 Å². The van der Waals surface area contributed by atoms with Gasteiger partial charge in [0.1, 0.15) is 11.9 Å². The zero-order valence-corrected chi connectivity index (χ0v) is 11.6. The molecule has 98 valence electrons. The van der Waals surface area contributed by atoms with Crippen molar-refractivity contribution < 1.29 is 0 Å². The second-order valence-electron chi connectivity index (χ2n) is 4.42. The minimum absolute atomic E-state index is 0.553. The predicted octanol–water partition coefficient (Wildman–Crippen LogP) is 2.72. The topological polar surface area (TPSA) is 70.3 Å². The summed E-state index contributed by atoms with van der Waals surface area (Å²) in [6.07, 6.45) is 1.73. The number of aromatic amines is 1. The number of hydrogen-bond acceptors (Lipinski definition) is 4. The van der Waals surface area contributed by atoms with Crippen molar-refractivity contribution >= 4 is 23.3 Å². The van der Waals surface area contributed by atoms with E-state index >= 15 is 0 Å². The minimum atomic E-state index is 0.553. The number of para-hydroxylation sites is 1. The molecule has 0 spiro atoms. The summed E-state index contributed by atoms with van der Waals surface area (Å²) < 4.78 is 2.52. The highest BCUT2D eigenvalue weighted by Gasteiger charge is 2.09. The van der Waals surface area contributed by atoms with Gasteiger partial charge in [-0.1, -0.05) is 6.07 Å². The van der Waals surface area contributed by atoms with Crippen molar-refractivity contribution in [2.24, 2.45) is 0 Å². The van der Waals surface area contributed by atoms with E-state index in [0.717, 1.165) is 22.6 Å². The van der Waals surface area contributed by atoms with Crippen LogP contribution in [0.3, 0.4) is 0 Å². The van der Waals surface area contributed by atoms with Crippen LogP contribution in [-0.2, 0) is 6.54 Å². The number of nitriles is 1. The Kier molecular flexibility index (Phi) is 3.05. The minimum Gasteiger partial charge on any atom is -0.329 e. The van der Waals surface area contributed by atoms with Crippen molar-refractivity contribution in [1.29, 1.82) is 5.26 Å². The SMILES string of the molecule is Cc1nccc(Cn2c(=S)[nH]c3c(C#N)cccc32)n1. The summed E-state index contributed by atoms with van der Waals surface area (Å²) in [5.41, 5.74) is 3.15. The lowest BCUT2D eigenvalue weighted by Gasteiger charge is -2.04. The van der Waals surface area contributed by atoms with E-state index in [-0.39, 0.29) is 0 Å². The molecule has 2 aromatic heterocycles. The van der Waals surface area contributed by atoms with E-state index in [4.69, 9.17) is 17.5 Å². The predicted molar refractivity (Wildman–Crippen MR) is 77.7 cm³/mol. The van der Waals surface area contributed by atoms with Gasteiger partial charge in [-0.05, 0) is 37.3 Å². The lowest BCUT2D eigenvalue weighted by Crippen LogP contribution is -2.03. The highest BCUT2D eigenvalue weighted by Crippen LogP contribution is 2.18. The fraction of sp³-hybridized carbons (Fsp3) is 0.143. The van der Waals surface area contributed by atoms with Gasteiger partial charge in [-0.15, -0.1) is 0 Å². The first kappa shape index (κ1) is 12.5. The highest BCUT2D eigenvalue weighted by molar-refractivity contribution is 7.71. The molecular formula is C14H11N5S. The average Bonchev–Trinajstić information content (AvgIpc) is 2.75. The van der Waals surface area contributed by atoms with Crippen molar-refractivity contribution in [1.82, 2.24) is 19.5 Å². The Labute approximate surface area is 120 Å². The summed E-state index contributed by atoms with van der Waals surface area (Å²) in [5.74, 6) is 0.728. The number of benzene rings is 1. The van der Waals surface area contributed by atoms with Crippen LogP contribution in [0.15, 0.2) is 30.5 Å². The Balaban J connectivity index is 2.15. The van der Waals surface area contributed by atoms with Gasteiger partial charge >= 0.3 is 0 Å². The lowest BCUT2D eigenvalue weighted by atomic mass is 10.2. The molecule has 6 heteroatoms. The average molecular weight is 281 g/mol. The fourth-order valence-electron chi connectivity index (χ4n) is 2.19. The fourth-order valence-corrected chi connectivity index (χ4v) is 2.45. The van der Waals surface area contributed by atoms with Crippen LogP contribution in [0.25, 0.3) is 11.0 Å². The second kappa shape index (κ2) is 4.87. The molecule has 3 aromatic rings. The molecule has 20 heavy (non-hydrogen) atoms. The van der Waals surface area contributed by atoms with Crippen LogP contribution in [0.4, 0.5) is 0 Å². The molecule has 2 heterocycles. The second-order valence-corrected chi connectivity index (χ2v) is 4.81. The Morgan fingerprint density at radius 1 is 1.40 bits per heavy atom. The summed E-state index contributed by atoms with van der Waals surface area (Å²) in [6.45, 7) is 2.41.